The average molecular weight is 274 g/mol. The van der Waals surface area contributed by atoms with E-state index in [0.29, 0.717) is 17.3 Å². The van der Waals surface area contributed by atoms with Gasteiger partial charge in [-0.15, -0.1) is 0 Å². The van der Waals surface area contributed by atoms with E-state index in [1.54, 1.807) is 0 Å². The second-order valence-corrected chi connectivity index (χ2v) is 7.13. The molecule has 1 unspecified atom stereocenters. The third-order valence-corrected chi connectivity index (χ3v) is 5.00. The third-order valence-electron chi connectivity index (χ3n) is 2.95. The van der Waals surface area contributed by atoms with E-state index in [-0.39, 0.29) is 11.8 Å². The molecule has 5 heteroatoms. The Balaban J connectivity index is 1.90. The first-order valence-corrected chi connectivity index (χ1v) is 7.93. The fourth-order valence-electron chi connectivity index (χ4n) is 2.09. The van der Waals surface area contributed by atoms with Crippen molar-refractivity contribution in [2.75, 3.05) is 11.5 Å². The lowest BCUT2D eigenvalue weighted by molar-refractivity contribution is 0.480. The van der Waals surface area contributed by atoms with E-state index in [2.05, 4.69) is 5.32 Å². The van der Waals surface area contributed by atoms with Gasteiger partial charge in [-0.3, -0.25) is 0 Å². The smallest absolute Gasteiger partial charge is 0.151 e. The number of rotatable bonds is 3. The summed E-state index contributed by atoms with van der Waals surface area (Å²) in [6.45, 7) is 0.667. The van der Waals surface area contributed by atoms with Crippen LogP contribution in [0, 0.1) is 0 Å². The first-order chi connectivity index (χ1) is 8.05. The van der Waals surface area contributed by atoms with Gasteiger partial charge in [-0.1, -0.05) is 23.7 Å². The van der Waals surface area contributed by atoms with Crippen molar-refractivity contribution in [2.24, 2.45) is 0 Å². The van der Waals surface area contributed by atoms with Gasteiger partial charge in [-0.2, -0.15) is 0 Å². The van der Waals surface area contributed by atoms with Crippen molar-refractivity contribution in [3.8, 4) is 0 Å². The number of hydrogen-bond donors (Lipinski definition) is 1. The molecular formula is C12H16ClNO2S. The van der Waals surface area contributed by atoms with Gasteiger partial charge in [-0.25, -0.2) is 8.42 Å². The molecule has 0 aliphatic carbocycles. The van der Waals surface area contributed by atoms with Gasteiger partial charge in [0.15, 0.2) is 9.84 Å². The van der Waals surface area contributed by atoms with Crippen LogP contribution < -0.4 is 5.32 Å². The molecular weight excluding hydrogens is 258 g/mol. The molecule has 1 heterocycles. The number of hydrogen-bond acceptors (Lipinski definition) is 3. The SMILES string of the molecule is O=S1(=O)CCCC(NCc2cccc(Cl)c2)C1. The molecule has 1 aliphatic rings. The maximum atomic E-state index is 11.5. The molecule has 3 nitrogen and oxygen atoms in total. The van der Waals surface area contributed by atoms with Gasteiger partial charge >= 0.3 is 0 Å². The number of nitrogens with one attached hydrogen (secondary N) is 1. The predicted octanol–water partition coefficient (Wildman–Crippen LogP) is 2.01. The summed E-state index contributed by atoms with van der Waals surface area (Å²) in [5.41, 5.74) is 1.08. The lowest BCUT2D eigenvalue weighted by atomic mass is 10.1. The maximum Gasteiger partial charge on any atom is 0.151 e. The highest BCUT2D eigenvalue weighted by Gasteiger charge is 2.23. The van der Waals surface area contributed by atoms with Crippen LogP contribution in [0.1, 0.15) is 18.4 Å². The van der Waals surface area contributed by atoms with Gasteiger partial charge in [0, 0.05) is 17.6 Å². The van der Waals surface area contributed by atoms with Crippen molar-refractivity contribution >= 4 is 21.4 Å². The van der Waals surface area contributed by atoms with Crippen LogP contribution in [0.4, 0.5) is 0 Å². The largest absolute Gasteiger partial charge is 0.309 e. The summed E-state index contributed by atoms with van der Waals surface area (Å²) in [6.07, 6.45) is 1.69. The molecule has 0 bridgehead atoms. The number of benzene rings is 1. The summed E-state index contributed by atoms with van der Waals surface area (Å²) in [6, 6.07) is 7.68. The minimum atomic E-state index is -2.83. The summed E-state index contributed by atoms with van der Waals surface area (Å²) in [4.78, 5) is 0. The first kappa shape index (κ1) is 12.9. The maximum absolute atomic E-state index is 11.5. The quantitative estimate of drug-likeness (QED) is 0.916. The summed E-state index contributed by atoms with van der Waals surface area (Å²) in [5, 5.41) is 3.99. The van der Waals surface area contributed by atoms with E-state index in [9.17, 15) is 8.42 Å². The van der Waals surface area contributed by atoms with Crippen molar-refractivity contribution < 1.29 is 8.42 Å². The zero-order valence-electron chi connectivity index (χ0n) is 9.52. The molecule has 94 valence electrons. The summed E-state index contributed by atoms with van der Waals surface area (Å²) in [7, 11) is -2.83. The molecule has 1 aromatic rings. The summed E-state index contributed by atoms with van der Waals surface area (Å²) in [5.74, 6) is 0.593. The Bertz CT molecular complexity index is 487. The topological polar surface area (TPSA) is 46.2 Å². The monoisotopic (exact) mass is 273 g/mol. The van der Waals surface area contributed by atoms with E-state index in [1.165, 1.54) is 0 Å². The molecule has 1 aromatic carbocycles. The van der Waals surface area contributed by atoms with E-state index in [1.807, 2.05) is 24.3 Å². The zero-order chi connectivity index (χ0) is 12.3. The lowest BCUT2D eigenvalue weighted by Crippen LogP contribution is -2.39. The van der Waals surface area contributed by atoms with Gasteiger partial charge in [0.1, 0.15) is 0 Å². The molecule has 1 fully saturated rings. The van der Waals surface area contributed by atoms with E-state index >= 15 is 0 Å². The fraction of sp³-hybridized carbons (Fsp3) is 0.500. The van der Waals surface area contributed by atoms with Crippen LogP contribution in [0.3, 0.4) is 0 Å². The highest BCUT2D eigenvalue weighted by molar-refractivity contribution is 7.91. The Kier molecular flexibility index (Phi) is 4.07. The Hall–Kier alpha value is -0.580. The Morgan fingerprint density at radius 1 is 1.41 bits per heavy atom. The minimum Gasteiger partial charge on any atom is -0.309 e. The van der Waals surface area contributed by atoms with Gasteiger partial charge in [0.05, 0.1) is 11.5 Å². The lowest BCUT2D eigenvalue weighted by Gasteiger charge is -2.23. The second-order valence-electron chi connectivity index (χ2n) is 4.46. The average Bonchev–Trinajstić information content (AvgIpc) is 2.25. The summed E-state index contributed by atoms with van der Waals surface area (Å²) < 4.78 is 22.9. The Morgan fingerprint density at radius 3 is 2.94 bits per heavy atom. The standard InChI is InChI=1S/C12H16ClNO2S/c13-11-4-1-3-10(7-11)8-14-12-5-2-6-17(15,16)9-12/h1,3-4,7,12,14H,2,5-6,8-9H2. The second kappa shape index (κ2) is 5.38. The van der Waals surface area contributed by atoms with Crippen LogP contribution >= 0.6 is 11.6 Å². The van der Waals surface area contributed by atoms with Crippen molar-refractivity contribution in [3.63, 3.8) is 0 Å². The van der Waals surface area contributed by atoms with Crippen LogP contribution in [0.25, 0.3) is 0 Å². The van der Waals surface area contributed by atoms with E-state index in [0.717, 1.165) is 18.4 Å². The molecule has 0 saturated carbocycles. The van der Waals surface area contributed by atoms with Crippen molar-refractivity contribution in [1.29, 1.82) is 0 Å². The molecule has 0 amide bonds. The molecule has 0 aromatic heterocycles. The molecule has 0 radical (unpaired) electrons. The number of halogens is 1. The van der Waals surface area contributed by atoms with E-state index in [4.69, 9.17) is 11.6 Å². The highest BCUT2D eigenvalue weighted by Crippen LogP contribution is 2.14. The van der Waals surface area contributed by atoms with Crippen LogP contribution in [-0.2, 0) is 16.4 Å². The van der Waals surface area contributed by atoms with E-state index < -0.39 is 9.84 Å². The van der Waals surface area contributed by atoms with Crippen molar-refractivity contribution in [3.05, 3.63) is 34.9 Å². The van der Waals surface area contributed by atoms with Gasteiger partial charge in [0.25, 0.3) is 0 Å². The molecule has 0 spiro atoms. The van der Waals surface area contributed by atoms with Crippen LogP contribution in [0.5, 0.6) is 0 Å². The zero-order valence-corrected chi connectivity index (χ0v) is 11.1. The first-order valence-electron chi connectivity index (χ1n) is 5.73. The fourth-order valence-corrected chi connectivity index (χ4v) is 3.98. The van der Waals surface area contributed by atoms with Gasteiger partial charge in [-0.05, 0) is 30.5 Å². The number of sulfone groups is 1. The van der Waals surface area contributed by atoms with Crippen LogP contribution in [-0.4, -0.2) is 26.0 Å². The summed E-state index contributed by atoms with van der Waals surface area (Å²) >= 11 is 5.89. The molecule has 1 aliphatic heterocycles. The molecule has 1 N–H and O–H groups in total. The highest BCUT2D eigenvalue weighted by atomic mass is 35.5. The van der Waals surface area contributed by atoms with Crippen LogP contribution in [0.2, 0.25) is 5.02 Å². The predicted molar refractivity (Wildman–Crippen MR) is 70.0 cm³/mol. The third kappa shape index (κ3) is 3.98. The molecule has 2 rings (SSSR count). The molecule has 1 atom stereocenters. The minimum absolute atomic E-state index is 0.0766. The Labute approximate surface area is 107 Å². The molecule has 1 saturated heterocycles. The van der Waals surface area contributed by atoms with Gasteiger partial charge in [0.2, 0.25) is 0 Å². The van der Waals surface area contributed by atoms with Crippen molar-refractivity contribution in [1.82, 2.24) is 5.32 Å². The van der Waals surface area contributed by atoms with Gasteiger partial charge < -0.3 is 5.32 Å². The normalized spacial score (nSPS) is 23.5. The van der Waals surface area contributed by atoms with Crippen LogP contribution in [0.15, 0.2) is 24.3 Å². The molecule has 17 heavy (non-hydrogen) atoms. The van der Waals surface area contributed by atoms with Crippen molar-refractivity contribution in [2.45, 2.75) is 25.4 Å². The Morgan fingerprint density at radius 2 is 2.24 bits per heavy atom.